The highest BCUT2D eigenvalue weighted by molar-refractivity contribution is 5.27. The second kappa shape index (κ2) is 8.48. The van der Waals surface area contributed by atoms with Gasteiger partial charge in [-0.2, -0.15) is 0 Å². The van der Waals surface area contributed by atoms with Gasteiger partial charge in [0.1, 0.15) is 12.4 Å². The summed E-state index contributed by atoms with van der Waals surface area (Å²) in [6.45, 7) is 5.92. The molecule has 0 radical (unpaired) electrons. The molecule has 0 saturated heterocycles. The quantitative estimate of drug-likeness (QED) is 0.777. The molecule has 2 heteroatoms. The lowest BCUT2D eigenvalue weighted by Crippen LogP contribution is -2.26. The summed E-state index contributed by atoms with van der Waals surface area (Å²) in [5, 5.41) is 3.51. The van der Waals surface area contributed by atoms with Crippen LogP contribution in [-0.2, 0) is 6.42 Å². The fourth-order valence-electron chi connectivity index (χ4n) is 2.47. The van der Waals surface area contributed by atoms with Gasteiger partial charge < -0.3 is 10.1 Å². The second-order valence-electron chi connectivity index (χ2n) is 5.23. The summed E-state index contributed by atoms with van der Waals surface area (Å²) in [5.74, 6) is 0.921. The molecule has 1 unspecified atom stereocenters. The van der Waals surface area contributed by atoms with Gasteiger partial charge in [0.05, 0.1) is 6.04 Å². The lowest BCUT2D eigenvalue weighted by atomic mass is 10.0. The molecule has 112 valence electrons. The van der Waals surface area contributed by atoms with Crippen LogP contribution < -0.4 is 10.1 Å². The number of aryl methyl sites for hydroxylation is 1. The topological polar surface area (TPSA) is 21.3 Å². The maximum Gasteiger partial charge on any atom is 0.119 e. The number of para-hydroxylation sites is 1. The first-order valence-electron chi connectivity index (χ1n) is 7.83. The van der Waals surface area contributed by atoms with Gasteiger partial charge in [0, 0.05) is 0 Å². The summed E-state index contributed by atoms with van der Waals surface area (Å²) in [7, 11) is 0. The smallest absolute Gasteiger partial charge is 0.119 e. The van der Waals surface area contributed by atoms with E-state index in [4.69, 9.17) is 4.74 Å². The zero-order chi connectivity index (χ0) is 14.9. The molecule has 0 bridgehead atoms. The first kappa shape index (κ1) is 15.6. The number of rotatable bonds is 8. The molecule has 0 amide bonds. The maximum absolute atomic E-state index is 5.91. The van der Waals surface area contributed by atoms with Crippen molar-refractivity contribution in [1.82, 2.24) is 5.32 Å². The molecule has 0 saturated carbocycles. The van der Waals surface area contributed by atoms with Crippen molar-refractivity contribution in [2.75, 3.05) is 13.2 Å². The first-order chi connectivity index (χ1) is 10.3. The largest absolute Gasteiger partial charge is 0.492 e. The summed E-state index contributed by atoms with van der Waals surface area (Å²) >= 11 is 0. The van der Waals surface area contributed by atoms with Crippen LogP contribution >= 0.6 is 0 Å². The summed E-state index contributed by atoms with van der Waals surface area (Å²) in [6, 6.07) is 19.1. The Morgan fingerprint density at radius 3 is 2.52 bits per heavy atom. The fourth-order valence-corrected chi connectivity index (χ4v) is 2.47. The molecule has 1 atom stereocenters. The van der Waals surface area contributed by atoms with Crippen molar-refractivity contribution >= 4 is 0 Å². The van der Waals surface area contributed by atoms with Crippen LogP contribution in [0.15, 0.2) is 54.6 Å². The van der Waals surface area contributed by atoms with Crippen LogP contribution in [0.4, 0.5) is 0 Å². The number of likely N-dealkylation sites (N-methyl/N-ethyl adjacent to an activating group) is 1. The number of hydrogen-bond donors (Lipinski definition) is 1. The lowest BCUT2D eigenvalue weighted by Gasteiger charge is -2.20. The molecule has 0 spiro atoms. The Balaban J connectivity index is 2.05. The van der Waals surface area contributed by atoms with Gasteiger partial charge in [-0.1, -0.05) is 62.7 Å². The molecule has 0 aromatic heterocycles. The Morgan fingerprint density at radius 2 is 1.81 bits per heavy atom. The van der Waals surface area contributed by atoms with Crippen molar-refractivity contribution in [3.8, 4) is 5.75 Å². The van der Waals surface area contributed by atoms with Gasteiger partial charge in [0.25, 0.3) is 0 Å². The van der Waals surface area contributed by atoms with E-state index < -0.39 is 0 Å². The average molecular weight is 283 g/mol. The summed E-state index contributed by atoms with van der Waals surface area (Å²) in [5.41, 5.74) is 2.70. The Morgan fingerprint density at radius 1 is 1.00 bits per heavy atom. The van der Waals surface area contributed by atoms with Gasteiger partial charge in [-0.05, 0) is 36.2 Å². The molecule has 2 aromatic carbocycles. The molecule has 0 aliphatic carbocycles. The number of ether oxygens (including phenoxy) is 1. The van der Waals surface area contributed by atoms with E-state index in [9.17, 15) is 0 Å². The Labute approximate surface area is 128 Å². The minimum absolute atomic E-state index is 0.229. The van der Waals surface area contributed by atoms with Gasteiger partial charge in [-0.3, -0.25) is 0 Å². The highest BCUT2D eigenvalue weighted by atomic mass is 16.5. The van der Waals surface area contributed by atoms with E-state index in [0.717, 1.165) is 18.7 Å². The first-order valence-corrected chi connectivity index (χ1v) is 7.83. The van der Waals surface area contributed by atoms with E-state index in [1.54, 1.807) is 0 Å². The van der Waals surface area contributed by atoms with Gasteiger partial charge in [-0.15, -0.1) is 0 Å². The average Bonchev–Trinajstić information content (AvgIpc) is 2.53. The van der Waals surface area contributed by atoms with E-state index in [0.29, 0.717) is 6.61 Å². The third-order valence-corrected chi connectivity index (χ3v) is 3.50. The van der Waals surface area contributed by atoms with Crippen molar-refractivity contribution in [1.29, 1.82) is 0 Å². The van der Waals surface area contributed by atoms with Gasteiger partial charge in [-0.25, -0.2) is 0 Å². The van der Waals surface area contributed by atoms with Crippen molar-refractivity contribution < 1.29 is 4.74 Å². The van der Waals surface area contributed by atoms with E-state index >= 15 is 0 Å². The van der Waals surface area contributed by atoms with Crippen LogP contribution in [0.5, 0.6) is 5.75 Å². The Hall–Kier alpha value is -1.80. The van der Waals surface area contributed by atoms with E-state index in [2.05, 4.69) is 43.4 Å². The molecule has 1 N–H and O–H groups in total. The van der Waals surface area contributed by atoms with Crippen LogP contribution in [0.3, 0.4) is 0 Å². The molecule has 2 rings (SSSR count). The van der Waals surface area contributed by atoms with E-state index in [1.165, 1.54) is 17.5 Å². The standard InChI is InChI=1S/C19H25NO/c1-3-9-16-10-8-11-17(14-16)19(20-4-2)15-21-18-12-6-5-7-13-18/h5-8,10-14,19-20H,3-4,9,15H2,1-2H3. The molecule has 0 aliphatic rings. The SMILES string of the molecule is CCCc1cccc(C(COc2ccccc2)NCC)c1. The van der Waals surface area contributed by atoms with Gasteiger partial charge in [0.15, 0.2) is 0 Å². The summed E-state index contributed by atoms with van der Waals surface area (Å²) in [4.78, 5) is 0. The highest BCUT2D eigenvalue weighted by Crippen LogP contribution is 2.18. The van der Waals surface area contributed by atoms with Gasteiger partial charge in [0.2, 0.25) is 0 Å². The molecule has 21 heavy (non-hydrogen) atoms. The lowest BCUT2D eigenvalue weighted by molar-refractivity contribution is 0.268. The Kier molecular flexibility index (Phi) is 6.29. The predicted octanol–water partition coefficient (Wildman–Crippen LogP) is 4.37. The molecule has 2 aromatic rings. The molecule has 0 aliphatic heterocycles. The second-order valence-corrected chi connectivity index (χ2v) is 5.23. The maximum atomic E-state index is 5.91. The van der Waals surface area contributed by atoms with E-state index in [-0.39, 0.29) is 6.04 Å². The molecular weight excluding hydrogens is 258 g/mol. The van der Waals surface area contributed by atoms with Gasteiger partial charge >= 0.3 is 0 Å². The zero-order valence-corrected chi connectivity index (χ0v) is 13.0. The molecule has 2 nitrogen and oxygen atoms in total. The highest BCUT2D eigenvalue weighted by Gasteiger charge is 2.11. The number of hydrogen-bond acceptors (Lipinski definition) is 2. The van der Waals surface area contributed by atoms with Crippen molar-refractivity contribution in [2.45, 2.75) is 32.7 Å². The van der Waals surface area contributed by atoms with E-state index in [1.807, 2.05) is 30.3 Å². The van der Waals surface area contributed by atoms with Crippen LogP contribution in [0.1, 0.15) is 37.4 Å². The molecule has 0 fully saturated rings. The predicted molar refractivity (Wildman–Crippen MR) is 88.8 cm³/mol. The van der Waals surface area contributed by atoms with Crippen molar-refractivity contribution in [2.24, 2.45) is 0 Å². The number of benzene rings is 2. The molecule has 0 heterocycles. The number of nitrogens with one attached hydrogen (secondary N) is 1. The normalized spacial score (nSPS) is 12.1. The third kappa shape index (κ3) is 4.91. The minimum atomic E-state index is 0.229. The van der Waals surface area contributed by atoms with Crippen molar-refractivity contribution in [3.63, 3.8) is 0 Å². The van der Waals surface area contributed by atoms with Crippen LogP contribution in [-0.4, -0.2) is 13.2 Å². The zero-order valence-electron chi connectivity index (χ0n) is 13.0. The summed E-state index contributed by atoms with van der Waals surface area (Å²) in [6.07, 6.45) is 2.31. The molecular formula is C19H25NO. The van der Waals surface area contributed by atoms with Crippen LogP contribution in [0.25, 0.3) is 0 Å². The summed E-state index contributed by atoms with van der Waals surface area (Å²) < 4.78 is 5.91. The monoisotopic (exact) mass is 283 g/mol. The Bertz CT molecular complexity index is 524. The third-order valence-electron chi connectivity index (χ3n) is 3.50. The van der Waals surface area contributed by atoms with Crippen LogP contribution in [0.2, 0.25) is 0 Å². The van der Waals surface area contributed by atoms with Crippen LogP contribution in [0, 0.1) is 0 Å². The van der Waals surface area contributed by atoms with Crippen molar-refractivity contribution in [3.05, 3.63) is 65.7 Å². The fraction of sp³-hybridized carbons (Fsp3) is 0.368. The minimum Gasteiger partial charge on any atom is -0.492 e.